The van der Waals surface area contributed by atoms with Gasteiger partial charge >= 0.3 is 0 Å². The molecular weight excluding hydrogens is 318 g/mol. The molecule has 6 heteroatoms. The molecule has 0 unspecified atom stereocenters. The Morgan fingerprint density at radius 1 is 1.28 bits per heavy atom. The van der Waals surface area contributed by atoms with Gasteiger partial charge in [0.15, 0.2) is 0 Å². The first-order valence-corrected chi connectivity index (χ1v) is 7.61. The fraction of sp³-hybridized carbons (Fsp3) is 0.105. The number of fused-ring (bicyclic) bond motifs is 1. The Balaban J connectivity index is 1.85. The number of H-pyrrole nitrogens is 1. The minimum atomic E-state index is -1.28. The van der Waals surface area contributed by atoms with Crippen molar-refractivity contribution in [2.75, 3.05) is 0 Å². The molecule has 124 valence electrons. The van der Waals surface area contributed by atoms with E-state index in [1.807, 2.05) is 24.3 Å². The number of nitrogens with zero attached hydrogens (tertiary/aromatic N) is 2. The van der Waals surface area contributed by atoms with Crippen molar-refractivity contribution in [2.24, 2.45) is 0 Å². The first-order valence-electron chi connectivity index (χ1n) is 7.61. The molecule has 1 heterocycles. The van der Waals surface area contributed by atoms with Crippen LogP contribution in [0.5, 0.6) is 5.75 Å². The maximum absolute atomic E-state index is 10.7. The van der Waals surface area contributed by atoms with Crippen LogP contribution >= 0.6 is 0 Å². The fourth-order valence-electron chi connectivity index (χ4n) is 2.30. The molecular formula is C19H14N3O3-. The molecule has 1 N–H and O–H groups in total. The lowest BCUT2D eigenvalue weighted by molar-refractivity contribution is -0.312. The van der Waals surface area contributed by atoms with Crippen LogP contribution in [0.2, 0.25) is 0 Å². The van der Waals surface area contributed by atoms with Gasteiger partial charge in [0.25, 0.3) is 0 Å². The summed E-state index contributed by atoms with van der Waals surface area (Å²) in [6, 6.07) is 16.4. The van der Waals surface area contributed by atoms with Crippen molar-refractivity contribution < 1.29 is 14.6 Å². The average molecular weight is 332 g/mol. The Bertz CT molecular complexity index is 948. The van der Waals surface area contributed by atoms with Crippen LogP contribution < -0.4 is 9.84 Å². The summed E-state index contributed by atoms with van der Waals surface area (Å²) in [5.74, 6) is -0.369. The second kappa shape index (κ2) is 6.89. The zero-order chi connectivity index (χ0) is 17.8. The Morgan fingerprint density at radius 2 is 2.00 bits per heavy atom. The van der Waals surface area contributed by atoms with Gasteiger partial charge in [-0.3, -0.25) is 0 Å². The molecule has 0 radical (unpaired) electrons. The van der Waals surface area contributed by atoms with Gasteiger partial charge in [-0.05, 0) is 42.8 Å². The maximum Gasteiger partial charge on any atom is 0.149 e. The number of carboxylic acid groups (broad SMARTS) is 1. The fourth-order valence-corrected chi connectivity index (χ4v) is 2.30. The predicted molar refractivity (Wildman–Crippen MR) is 91.1 cm³/mol. The molecule has 0 saturated carbocycles. The number of aromatic amines is 1. The molecule has 0 saturated heterocycles. The third-order valence-corrected chi connectivity index (χ3v) is 3.60. The number of aliphatic carboxylic acids is 1. The quantitative estimate of drug-likeness (QED) is 0.721. The molecule has 0 bridgehead atoms. The van der Waals surface area contributed by atoms with Gasteiger partial charge in [0.05, 0.1) is 22.6 Å². The molecule has 0 aliphatic rings. The summed E-state index contributed by atoms with van der Waals surface area (Å²) < 4.78 is 5.22. The normalized spacial score (nSPS) is 12.6. The van der Waals surface area contributed by atoms with Gasteiger partial charge in [0.1, 0.15) is 23.7 Å². The second-order valence-electron chi connectivity index (χ2n) is 5.42. The van der Waals surface area contributed by atoms with Gasteiger partial charge < -0.3 is 19.6 Å². The first kappa shape index (κ1) is 16.3. The van der Waals surface area contributed by atoms with Crippen LogP contribution in [0.15, 0.2) is 48.5 Å². The molecule has 0 amide bonds. The van der Waals surface area contributed by atoms with E-state index in [1.54, 1.807) is 30.3 Å². The minimum Gasteiger partial charge on any atom is -0.546 e. The number of benzene rings is 2. The van der Waals surface area contributed by atoms with E-state index in [0.717, 1.165) is 16.6 Å². The van der Waals surface area contributed by atoms with Gasteiger partial charge in [-0.1, -0.05) is 24.3 Å². The highest BCUT2D eigenvalue weighted by Crippen LogP contribution is 2.21. The largest absolute Gasteiger partial charge is 0.546 e. The van der Waals surface area contributed by atoms with Crippen molar-refractivity contribution in [3.05, 3.63) is 59.9 Å². The molecule has 0 fully saturated rings. The Labute approximate surface area is 144 Å². The Morgan fingerprint density at radius 3 is 2.64 bits per heavy atom. The monoisotopic (exact) mass is 332 g/mol. The van der Waals surface area contributed by atoms with Crippen molar-refractivity contribution in [2.45, 2.75) is 13.0 Å². The van der Waals surface area contributed by atoms with Crippen molar-refractivity contribution in [1.29, 1.82) is 5.26 Å². The molecule has 3 rings (SSSR count). The molecule has 3 aromatic rings. The van der Waals surface area contributed by atoms with E-state index in [4.69, 9.17) is 4.74 Å². The summed E-state index contributed by atoms with van der Waals surface area (Å²) in [7, 11) is 0. The summed E-state index contributed by atoms with van der Waals surface area (Å²) in [6.45, 7) is 1.40. The van der Waals surface area contributed by atoms with Crippen molar-refractivity contribution in [1.82, 2.24) is 9.97 Å². The van der Waals surface area contributed by atoms with Crippen molar-refractivity contribution in [3.8, 4) is 11.8 Å². The van der Waals surface area contributed by atoms with Gasteiger partial charge in [0.2, 0.25) is 0 Å². The highest BCUT2D eigenvalue weighted by molar-refractivity contribution is 5.90. The third kappa shape index (κ3) is 3.67. The zero-order valence-electron chi connectivity index (χ0n) is 13.4. The number of allylic oxidation sites excluding steroid dienone is 1. The van der Waals surface area contributed by atoms with E-state index in [2.05, 4.69) is 16.0 Å². The maximum atomic E-state index is 10.7. The van der Waals surface area contributed by atoms with E-state index >= 15 is 0 Å². The van der Waals surface area contributed by atoms with Crippen LogP contribution in [0.4, 0.5) is 0 Å². The number of carbonyl (C=O) groups excluding carboxylic acids is 1. The SMILES string of the molecule is C[C@@H](Oc1ccc(/C=C(/C#N)c2nc3ccccc3[nH]2)cc1)C(=O)[O-]. The number of aromatic nitrogens is 2. The summed E-state index contributed by atoms with van der Waals surface area (Å²) in [5.41, 5.74) is 2.82. The summed E-state index contributed by atoms with van der Waals surface area (Å²) in [6.07, 6.45) is 0.663. The van der Waals surface area contributed by atoms with E-state index in [9.17, 15) is 15.2 Å². The predicted octanol–water partition coefficient (Wildman–Crippen LogP) is 2.14. The zero-order valence-corrected chi connectivity index (χ0v) is 13.4. The number of carbonyl (C=O) groups is 1. The molecule has 1 aromatic heterocycles. The van der Waals surface area contributed by atoms with E-state index in [-0.39, 0.29) is 0 Å². The number of para-hydroxylation sites is 2. The lowest BCUT2D eigenvalue weighted by Gasteiger charge is -2.15. The average Bonchev–Trinajstić information content (AvgIpc) is 3.04. The van der Waals surface area contributed by atoms with E-state index in [0.29, 0.717) is 17.1 Å². The molecule has 0 aliphatic heterocycles. The van der Waals surface area contributed by atoms with E-state index in [1.165, 1.54) is 6.92 Å². The number of carboxylic acids is 1. The Hall–Kier alpha value is -3.59. The topological polar surface area (TPSA) is 102 Å². The molecule has 25 heavy (non-hydrogen) atoms. The van der Waals surface area contributed by atoms with Crippen LogP contribution in [0.3, 0.4) is 0 Å². The number of ether oxygens (including phenoxy) is 1. The first-order chi connectivity index (χ1) is 12.1. The number of hydrogen-bond acceptors (Lipinski definition) is 5. The van der Waals surface area contributed by atoms with Crippen LogP contribution in [-0.4, -0.2) is 22.0 Å². The molecule has 6 nitrogen and oxygen atoms in total. The molecule has 0 aliphatic carbocycles. The van der Waals surface area contributed by atoms with Gasteiger partial charge in [-0.25, -0.2) is 4.98 Å². The highest BCUT2D eigenvalue weighted by atomic mass is 16.5. The minimum absolute atomic E-state index is 0.396. The Kier molecular flexibility index (Phi) is 4.48. The van der Waals surface area contributed by atoms with Gasteiger partial charge in [-0.15, -0.1) is 0 Å². The number of imidazole rings is 1. The van der Waals surface area contributed by atoms with E-state index < -0.39 is 12.1 Å². The van der Waals surface area contributed by atoms with Crippen LogP contribution in [0.1, 0.15) is 18.3 Å². The highest BCUT2D eigenvalue weighted by Gasteiger charge is 2.08. The van der Waals surface area contributed by atoms with Crippen LogP contribution in [0, 0.1) is 11.3 Å². The molecule has 0 spiro atoms. The number of nitriles is 1. The molecule has 1 atom stereocenters. The van der Waals surface area contributed by atoms with Crippen LogP contribution in [-0.2, 0) is 4.79 Å². The van der Waals surface area contributed by atoms with Crippen molar-refractivity contribution in [3.63, 3.8) is 0 Å². The summed E-state index contributed by atoms with van der Waals surface area (Å²) >= 11 is 0. The number of rotatable bonds is 5. The van der Waals surface area contributed by atoms with Gasteiger partial charge in [0, 0.05) is 0 Å². The van der Waals surface area contributed by atoms with Crippen LogP contribution in [0.25, 0.3) is 22.7 Å². The second-order valence-corrected chi connectivity index (χ2v) is 5.42. The van der Waals surface area contributed by atoms with Crippen molar-refractivity contribution >= 4 is 28.7 Å². The molecule has 2 aromatic carbocycles. The third-order valence-electron chi connectivity index (χ3n) is 3.60. The summed E-state index contributed by atoms with van der Waals surface area (Å²) in [4.78, 5) is 18.2. The number of nitrogens with one attached hydrogen (secondary N) is 1. The lowest BCUT2D eigenvalue weighted by atomic mass is 10.1. The smallest absolute Gasteiger partial charge is 0.149 e. The van der Waals surface area contributed by atoms with Gasteiger partial charge in [-0.2, -0.15) is 5.26 Å². The summed E-state index contributed by atoms with van der Waals surface area (Å²) in [5, 5.41) is 20.1. The lowest BCUT2D eigenvalue weighted by Crippen LogP contribution is -2.37. The standard InChI is InChI=1S/C19H15N3O3/c1-12(19(23)24)25-15-8-6-13(7-9-15)10-14(11-20)18-21-16-4-2-3-5-17(16)22-18/h2-10,12H,1H3,(H,21,22)(H,23,24)/p-1/b14-10-/t12-/m1/s1. The number of hydrogen-bond donors (Lipinski definition) is 1.